The second-order valence-corrected chi connectivity index (χ2v) is 6.79. The zero-order valence-corrected chi connectivity index (χ0v) is 15.7. The molecule has 2 aromatic rings. The van der Waals surface area contributed by atoms with Crippen LogP contribution in [0.3, 0.4) is 0 Å². The lowest BCUT2D eigenvalue weighted by atomic mass is 10.2. The Bertz CT molecular complexity index is 739. The third-order valence-corrected chi connectivity index (χ3v) is 4.86. The zero-order valence-electron chi connectivity index (χ0n) is 15.0. The Kier molecular flexibility index (Phi) is 6.36. The van der Waals surface area contributed by atoms with E-state index in [9.17, 15) is 4.79 Å². The molecule has 0 aromatic heterocycles. The van der Waals surface area contributed by atoms with Crippen LogP contribution in [0.4, 0.5) is 10.5 Å². The number of hydrogen-bond donors (Lipinski definition) is 1. The lowest BCUT2D eigenvalue weighted by Gasteiger charge is -2.22. The molecule has 3 rings (SSSR count). The first kappa shape index (κ1) is 18.5. The average Bonchev–Trinajstić information content (AvgIpc) is 2.90. The van der Waals surface area contributed by atoms with Crippen LogP contribution in [0.1, 0.15) is 12.0 Å². The quantitative estimate of drug-likeness (QED) is 0.877. The SMILES string of the molecule is COc1ccc(NC(=O)N2CCCN(Cc3ccccc3)CC2)c(Cl)c1. The Labute approximate surface area is 159 Å². The van der Waals surface area contributed by atoms with Gasteiger partial charge >= 0.3 is 6.03 Å². The Morgan fingerprint density at radius 1 is 1.12 bits per heavy atom. The van der Waals surface area contributed by atoms with Crippen LogP contribution >= 0.6 is 11.6 Å². The van der Waals surface area contributed by atoms with E-state index in [1.54, 1.807) is 25.3 Å². The van der Waals surface area contributed by atoms with E-state index in [0.29, 0.717) is 23.0 Å². The zero-order chi connectivity index (χ0) is 18.4. The number of carbonyl (C=O) groups excluding carboxylic acids is 1. The smallest absolute Gasteiger partial charge is 0.321 e. The molecule has 1 aliphatic rings. The highest BCUT2D eigenvalue weighted by Crippen LogP contribution is 2.27. The Morgan fingerprint density at radius 2 is 1.92 bits per heavy atom. The Morgan fingerprint density at radius 3 is 2.65 bits per heavy atom. The van der Waals surface area contributed by atoms with Crippen LogP contribution in [0.25, 0.3) is 0 Å². The van der Waals surface area contributed by atoms with Gasteiger partial charge in [-0.15, -0.1) is 0 Å². The van der Waals surface area contributed by atoms with Gasteiger partial charge in [0.1, 0.15) is 5.75 Å². The molecule has 5 nitrogen and oxygen atoms in total. The summed E-state index contributed by atoms with van der Waals surface area (Å²) in [6.07, 6.45) is 0.955. The number of rotatable bonds is 4. The van der Waals surface area contributed by atoms with E-state index >= 15 is 0 Å². The standard InChI is InChI=1S/C20H24ClN3O2/c1-26-17-8-9-19(18(21)14-17)22-20(25)24-11-5-10-23(12-13-24)15-16-6-3-2-4-7-16/h2-4,6-9,14H,5,10-13,15H2,1H3,(H,22,25). The van der Waals surface area contributed by atoms with Gasteiger partial charge in [0, 0.05) is 38.8 Å². The van der Waals surface area contributed by atoms with E-state index in [4.69, 9.17) is 16.3 Å². The summed E-state index contributed by atoms with van der Waals surface area (Å²) in [6, 6.07) is 15.6. The maximum atomic E-state index is 12.6. The van der Waals surface area contributed by atoms with E-state index < -0.39 is 0 Å². The van der Waals surface area contributed by atoms with Crippen molar-refractivity contribution >= 4 is 23.3 Å². The van der Waals surface area contributed by atoms with Crippen LogP contribution in [0.2, 0.25) is 5.02 Å². The minimum atomic E-state index is -0.112. The highest BCUT2D eigenvalue weighted by molar-refractivity contribution is 6.33. The molecular formula is C20H24ClN3O2. The van der Waals surface area contributed by atoms with E-state index in [1.165, 1.54) is 5.56 Å². The van der Waals surface area contributed by atoms with Crippen LogP contribution in [0, 0.1) is 0 Å². The van der Waals surface area contributed by atoms with Crippen molar-refractivity contribution in [3.8, 4) is 5.75 Å². The monoisotopic (exact) mass is 373 g/mol. The number of halogens is 1. The topological polar surface area (TPSA) is 44.8 Å². The maximum absolute atomic E-state index is 12.6. The summed E-state index contributed by atoms with van der Waals surface area (Å²) in [5, 5.41) is 3.38. The average molecular weight is 374 g/mol. The number of benzene rings is 2. The molecular weight excluding hydrogens is 350 g/mol. The molecule has 0 radical (unpaired) electrons. The number of anilines is 1. The summed E-state index contributed by atoms with van der Waals surface area (Å²) in [6.45, 7) is 4.21. The third-order valence-electron chi connectivity index (χ3n) is 4.54. The molecule has 0 saturated carbocycles. The second-order valence-electron chi connectivity index (χ2n) is 6.38. The van der Waals surface area contributed by atoms with Gasteiger partial charge in [0.2, 0.25) is 0 Å². The highest BCUT2D eigenvalue weighted by atomic mass is 35.5. The number of urea groups is 1. The molecule has 0 bridgehead atoms. The predicted molar refractivity (Wildman–Crippen MR) is 105 cm³/mol. The summed E-state index contributed by atoms with van der Waals surface area (Å²) in [5.41, 5.74) is 1.90. The molecule has 1 aliphatic heterocycles. The molecule has 138 valence electrons. The van der Waals surface area contributed by atoms with Gasteiger partial charge in [0.05, 0.1) is 17.8 Å². The molecule has 2 amide bonds. The number of amides is 2. The first-order chi connectivity index (χ1) is 12.7. The molecule has 1 saturated heterocycles. The van der Waals surface area contributed by atoms with Crippen molar-refractivity contribution in [2.75, 3.05) is 38.6 Å². The first-order valence-electron chi connectivity index (χ1n) is 8.81. The van der Waals surface area contributed by atoms with Crippen LogP contribution in [0.5, 0.6) is 5.75 Å². The summed E-state index contributed by atoms with van der Waals surface area (Å²) in [5.74, 6) is 0.666. The number of nitrogens with one attached hydrogen (secondary N) is 1. The van der Waals surface area contributed by atoms with Crippen LogP contribution < -0.4 is 10.1 Å². The number of carbonyl (C=O) groups is 1. The lowest BCUT2D eigenvalue weighted by molar-refractivity contribution is 0.211. The van der Waals surface area contributed by atoms with Crippen molar-refractivity contribution in [3.05, 3.63) is 59.1 Å². The van der Waals surface area contributed by atoms with E-state index in [0.717, 1.165) is 32.6 Å². The number of nitrogens with zero attached hydrogens (tertiary/aromatic N) is 2. The van der Waals surface area contributed by atoms with Gasteiger partial charge in [-0.1, -0.05) is 41.9 Å². The van der Waals surface area contributed by atoms with Crippen molar-refractivity contribution in [1.29, 1.82) is 0 Å². The van der Waals surface area contributed by atoms with Crippen LogP contribution in [-0.4, -0.2) is 49.1 Å². The maximum Gasteiger partial charge on any atom is 0.321 e. The first-order valence-corrected chi connectivity index (χ1v) is 9.19. The van der Waals surface area contributed by atoms with E-state index in [2.05, 4.69) is 34.5 Å². The normalized spacial score (nSPS) is 15.4. The number of methoxy groups -OCH3 is 1. The fourth-order valence-corrected chi connectivity index (χ4v) is 3.31. The Hall–Kier alpha value is -2.24. The van der Waals surface area contributed by atoms with Crippen molar-refractivity contribution < 1.29 is 9.53 Å². The fourth-order valence-electron chi connectivity index (χ4n) is 3.09. The van der Waals surface area contributed by atoms with Crippen LogP contribution in [-0.2, 0) is 6.54 Å². The van der Waals surface area contributed by atoms with Gasteiger partial charge in [0.25, 0.3) is 0 Å². The fraction of sp³-hybridized carbons (Fsp3) is 0.350. The largest absolute Gasteiger partial charge is 0.497 e. The molecule has 1 N–H and O–H groups in total. The van der Waals surface area contributed by atoms with Gasteiger partial charge in [0.15, 0.2) is 0 Å². The van der Waals surface area contributed by atoms with Gasteiger partial charge in [-0.2, -0.15) is 0 Å². The molecule has 6 heteroatoms. The molecule has 1 heterocycles. The summed E-state index contributed by atoms with van der Waals surface area (Å²) in [7, 11) is 1.59. The number of ether oxygens (including phenoxy) is 1. The molecule has 0 atom stereocenters. The molecule has 0 aliphatic carbocycles. The highest BCUT2D eigenvalue weighted by Gasteiger charge is 2.20. The predicted octanol–water partition coefficient (Wildman–Crippen LogP) is 4.09. The summed E-state index contributed by atoms with van der Waals surface area (Å²) in [4.78, 5) is 16.8. The Balaban J connectivity index is 1.56. The van der Waals surface area contributed by atoms with E-state index in [-0.39, 0.29) is 6.03 Å². The van der Waals surface area contributed by atoms with Gasteiger partial charge in [-0.25, -0.2) is 4.79 Å². The molecule has 1 fully saturated rings. The van der Waals surface area contributed by atoms with Gasteiger partial charge < -0.3 is 15.0 Å². The van der Waals surface area contributed by atoms with Gasteiger partial charge in [-0.05, 0) is 24.1 Å². The molecule has 26 heavy (non-hydrogen) atoms. The second kappa shape index (κ2) is 8.92. The minimum Gasteiger partial charge on any atom is -0.497 e. The van der Waals surface area contributed by atoms with E-state index in [1.807, 2.05) is 11.0 Å². The van der Waals surface area contributed by atoms with Gasteiger partial charge in [-0.3, -0.25) is 4.90 Å². The van der Waals surface area contributed by atoms with Crippen LogP contribution in [0.15, 0.2) is 48.5 Å². The number of hydrogen-bond acceptors (Lipinski definition) is 3. The molecule has 0 spiro atoms. The molecule has 0 unspecified atom stereocenters. The molecule has 2 aromatic carbocycles. The summed E-state index contributed by atoms with van der Waals surface area (Å²) < 4.78 is 5.14. The van der Waals surface area contributed by atoms with Crippen molar-refractivity contribution in [2.45, 2.75) is 13.0 Å². The van der Waals surface area contributed by atoms with Crippen molar-refractivity contribution in [2.24, 2.45) is 0 Å². The lowest BCUT2D eigenvalue weighted by Crippen LogP contribution is -2.38. The third kappa shape index (κ3) is 4.90. The van der Waals surface area contributed by atoms with Crippen molar-refractivity contribution in [1.82, 2.24) is 9.80 Å². The summed E-state index contributed by atoms with van der Waals surface area (Å²) >= 11 is 6.22. The van der Waals surface area contributed by atoms with Crippen molar-refractivity contribution in [3.63, 3.8) is 0 Å². The minimum absolute atomic E-state index is 0.112.